The van der Waals surface area contributed by atoms with E-state index in [1.54, 1.807) is 17.7 Å². The standard InChI is InChI=1S/C8H9ClN4S/c1-6-10-3-7(14-6)4-13-5-11-12-8(13)2-9/h3,5H,2,4H2,1H3. The van der Waals surface area contributed by atoms with Crippen molar-refractivity contribution in [1.29, 1.82) is 0 Å². The number of alkyl halides is 1. The summed E-state index contributed by atoms with van der Waals surface area (Å²) in [5, 5.41) is 8.78. The summed E-state index contributed by atoms with van der Waals surface area (Å²) in [6.07, 6.45) is 3.56. The van der Waals surface area contributed by atoms with Crippen LogP contribution in [0.15, 0.2) is 12.5 Å². The molecule has 2 aromatic heterocycles. The number of nitrogens with zero attached hydrogens (tertiary/aromatic N) is 4. The van der Waals surface area contributed by atoms with Crippen LogP contribution in [-0.4, -0.2) is 19.7 Å². The Bertz CT molecular complexity index is 422. The number of hydrogen-bond acceptors (Lipinski definition) is 4. The molecule has 74 valence electrons. The van der Waals surface area contributed by atoms with Crippen LogP contribution in [0, 0.1) is 6.92 Å². The average molecular weight is 229 g/mol. The van der Waals surface area contributed by atoms with E-state index >= 15 is 0 Å². The van der Waals surface area contributed by atoms with Gasteiger partial charge in [-0.2, -0.15) is 0 Å². The molecule has 0 unspecified atom stereocenters. The van der Waals surface area contributed by atoms with Gasteiger partial charge in [-0.1, -0.05) is 0 Å². The molecule has 4 nitrogen and oxygen atoms in total. The highest BCUT2D eigenvalue weighted by atomic mass is 35.5. The molecule has 0 N–H and O–H groups in total. The van der Waals surface area contributed by atoms with Gasteiger partial charge in [0.1, 0.15) is 12.2 Å². The van der Waals surface area contributed by atoms with Crippen LogP contribution in [0.2, 0.25) is 0 Å². The van der Waals surface area contributed by atoms with Gasteiger partial charge in [0.2, 0.25) is 0 Å². The Morgan fingerprint density at radius 3 is 3.07 bits per heavy atom. The zero-order valence-corrected chi connectivity index (χ0v) is 9.22. The quantitative estimate of drug-likeness (QED) is 0.753. The Labute approximate surface area is 90.6 Å². The molecule has 2 aromatic rings. The van der Waals surface area contributed by atoms with Gasteiger partial charge >= 0.3 is 0 Å². The number of aryl methyl sites for hydroxylation is 1. The first-order valence-corrected chi connectivity index (χ1v) is 5.48. The Morgan fingerprint density at radius 2 is 2.43 bits per heavy atom. The topological polar surface area (TPSA) is 43.6 Å². The Kier molecular flexibility index (Phi) is 2.79. The SMILES string of the molecule is Cc1ncc(Cn2cnnc2CCl)s1. The van der Waals surface area contributed by atoms with E-state index in [0.717, 1.165) is 17.4 Å². The molecule has 0 fully saturated rings. The van der Waals surface area contributed by atoms with Gasteiger partial charge in [-0.3, -0.25) is 0 Å². The number of rotatable bonds is 3. The molecule has 0 saturated carbocycles. The monoisotopic (exact) mass is 228 g/mol. The third-order valence-electron chi connectivity index (χ3n) is 1.81. The lowest BCUT2D eigenvalue weighted by Gasteiger charge is -2.00. The van der Waals surface area contributed by atoms with Crippen molar-refractivity contribution in [3.05, 3.63) is 28.2 Å². The lowest BCUT2D eigenvalue weighted by Crippen LogP contribution is -2.00. The van der Waals surface area contributed by atoms with E-state index in [2.05, 4.69) is 15.2 Å². The first kappa shape index (κ1) is 9.61. The number of halogens is 1. The van der Waals surface area contributed by atoms with E-state index in [1.165, 1.54) is 4.88 Å². The van der Waals surface area contributed by atoms with Crippen LogP contribution in [0.25, 0.3) is 0 Å². The third kappa shape index (κ3) is 1.93. The second-order valence-electron chi connectivity index (χ2n) is 2.85. The zero-order chi connectivity index (χ0) is 9.97. The summed E-state index contributed by atoms with van der Waals surface area (Å²) in [6.45, 7) is 2.74. The number of aromatic nitrogens is 4. The molecule has 6 heteroatoms. The molecular weight excluding hydrogens is 220 g/mol. The first-order chi connectivity index (χ1) is 6.79. The largest absolute Gasteiger partial charge is 0.311 e. The van der Waals surface area contributed by atoms with E-state index in [0.29, 0.717) is 5.88 Å². The lowest BCUT2D eigenvalue weighted by atomic mass is 10.5. The molecule has 0 radical (unpaired) electrons. The molecule has 0 amide bonds. The van der Waals surface area contributed by atoms with Gasteiger partial charge in [0, 0.05) is 11.1 Å². The van der Waals surface area contributed by atoms with Gasteiger partial charge in [-0.15, -0.1) is 33.1 Å². The summed E-state index contributed by atoms with van der Waals surface area (Å²) in [5.74, 6) is 1.18. The van der Waals surface area contributed by atoms with Crippen molar-refractivity contribution >= 4 is 22.9 Å². The smallest absolute Gasteiger partial charge is 0.148 e. The van der Waals surface area contributed by atoms with Crippen LogP contribution in [0.3, 0.4) is 0 Å². The van der Waals surface area contributed by atoms with E-state index in [-0.39, 0.29) is 0 Å². The van der Waals surface area contributed by atoms with Crippen molar-refractivity contribution in [2.45, 2.75) is 19.3 Å². The van der Waals surface area contributed by atoms with Gasteiger partial charge in [0.05, 0.1) is 17.4 Å². The second-order valence-corrected chi connectivity index (χ2v) is 4.44. The van der Waals surface area contributed by atoms with Crippen molar-refractivity contribution in [2.75, 3.05) is 0 Å². The van der Waals surface area contributed by atoms with Crippen LogP contribution >= 0.6 is 22.9 Å². The minimum atomic E-state index is 0.387. The molecule has 0 atom stereocenters. The van der Waals surface area contributed by atoms with Crippen molar-refractivity contribution < 1.29 is 0 Å². The lowest BCUT2D eigenvalue weighted by molar-refractivity contribution is 0.763. The maximum absolute atomic E-state index is 5.71. The highest BCUT2D eigenvalue weighted by Gasteiger charge is 2.04. The predicted molar refractivity (Wildman–Crippen MR) is 55.5 cm³/mol. The molecule has 0 saturated heterocycles. The highest BCUT2D eigenvalue weighted by molar-refractivity contribution is 7.11. The van der Waals surface area contributed by atoms with Crippen LogP contribution in [0.4, 0.5) is 0 Å². The summed E-state index contributed by atoms with van der Waals surface area (Å²) in [6, 6.07) is 0. The molecule has 0 bridgehead atoms. The minimum Gasteiger partial charge on any atom is -0.311 e. The summed E-state index contributed by atoms with van der Waals surface area (Å²) >= 11 is 7.38. The fourth-order valence-electron chi connectivity index (χ4n) is 1.16. The highest BCUT2D eigenvalue weighted by Crippen LogP contribution is 2.13. The normalized spacial score (nSPS) is 10.7. The van der Waals surface area contributed by atoms with Gasteiger partial charge in [-0.25, -0.2) is 4.98 Å². The molecule has 0 aromatic carbocycles. The Morgan fingerprint density at radius 1 is 1.57 bits per heavy atom. The maximum atomic E-state index is 5.71. The molecular formula is C8H9ClN4S. The molecule has 0 spiro atoms. The van der Waals surface area contributed by atoms with E-state index in [9.17, 15) is 0 Å². The summed E-state index contributed by atoms with van der Waals surface area (Å²) < 4.78 is 1.93. The summed E-state index contributed by atoms with van der Waals surface area (Å²) in [7, 11) is 0. The van der Waals surface area contributed by atoms with Gasteiger partial charge in [0.25, 0.3) is 0 Å². The van der Waals surface area contributed by atoms with Crippen molar-refractivity contribution in [3.8, 4) is 0 Å². The van der Waals surface area contributed by atoms with Gasteiger partial charge in [-0.05, 0) is 6.92 Å². The molecule has 2 heterocycles. The van der Waals surface area contributed by atoms with Crippen molar-refractivity contribution in [3.63, 3.8) is 0 Å². The average Bonchev–Trinajstić information content (AvgIpc) is 2.76. The Balaban J connectivity index is 2.18. The van der Waals surface area contributed by atoms with Crippen molar-refractivity contribution in [2.24, 2.45) is 0 Å². The van der Waals surface area contributed by atoms with E-state index in [1.807, 2.05) is 17.7 Å². The van der Waals surface area contributed by atoms with Gasteiger partial charge in [0.15, 0.2) is 0 Å². The second kappa shape index (κ2) is 4.06. The summed E-state index contributed by atoms with van der Waals surface area (Å²) in [4.78, 5) is 5.37. The van der Waals surface area contributed by atoms with Crippen molar-refractivity contribution in [1.82, 2.24) is 19.7 Å². The Hall–Kier alpha value is -0.940. The minimum absolute atomic E-state index is 0.387. The zero-order valence-electron chi connectivity index (χ0n) is 7.64. The number of hydrogen-bond donors (Lipinski definition) is 0. The number of thiazole rings is 1. The van der Waals surface area contributed by atoms with Crippen LogP contribution < -0.4 is 0 Å². The van der Waals surface area contributed by atoms with E-state index < -0.39 is 0 Å². The summed E-state index contributed by atoms with van der Waals surface area (Å²) in [5.41, 5.74) is 0. The molecule has 2 rings (SSSR count). The van der Waals surface area contributed by atoms with Crippen LogP contribution in [0.1, 0.15) is 15.7 Å². The van der Waals surface area contributed by atoms with Crippen LogP contribution in [0.5, 0.6) is 0 Å². The molecule has 0 aliphatic carbocycles. The van der Waals surface area contributed by atoms with E-state index in [4.69, 9.17) is 11.6 Å². The maximum Gasteiger partial charge on any atom is 0.148 e. The predicted octanol–water partition coefficient (Wildman–Crippen LogP) is 1.83. The fraction of sp³-hybridized carbons (Fsp3) is 0.375. The van der Waals surface area contributed by atoms with Gasteiger partial charge < -0.3 is 4.57 Å². The van der Waals surface area contributed by atoms with Crippen LogP contribution in [-0.2, 0) is 12.4 Å². The third-order valence-corrected chi connectivity index (χ3v) is 2.95. The first-order valence-electron chi connectivity index (χ1n) is 4.13. The molecule has 14 heavy (non-hydrogen) atoms. The fourth-order valence-corrected chi connectivity index (χ4v) is 2.16. The molecule has 0 aliphatic heterocycles. The molecule has 0 aliphatic rings.